The highest BCUT2D eigenvalue weighted by atomic mass is 19.1. The van der Waals surface area contributed by atoms with Crippen LogP contribution in [0.2, 0.25) is 0 Å². The van der Waals surface area contributed by atoms with Crippen LogP contribution in [-0.4, -0.2) is 28.0 Å². The summed E-state index contributed by atoms with van der Waals surface area (Å²) in [6.45, 7) is 0.241. The van der Waals surface area contributed by atoms with Crippen LogP contribution in [0.3, 0.4) is 0 Å². The highest BCUT2D eigenvalue weighted by molar-refractivity contribution is 5.89. The van der Waals surface area contributed by atoms with Crippen molar-refractivity contribution in [1.82, 2.24) is 9.78 Å². The molecule has 1 aromatic heterocycles. The predicted molar refractivity (Wildman–Crippen MR) is 61.2 cm³/mol. The number of carbonyl (C=O) groups is 1. The van der Waals surface area contributed by atoms with E-state index in [0.29, 0.717) is 11.3 Å². The summed E-state index contributed by atoms with van der Waals surface area (Å²) in [5, 5.41) is 13.0. The molecule has 1 aromatic carbocycles. The Balaban J connectivity index is 2.30. The molecule has 0 saturated heterocycles. The molecule has 0 fully saturated rings. The average molecular weight is 250 g/mol. The van der Waals surface area contributed by atoms with Crippen molar-refractivity contribution in [3.8, 4) is 5.75 Å². The van der Waals surface area contributed by atoms with Crippen LogP contribution in [0.4, 0.5) is 4.39 Å². The lowest BCUT2D eigenvalue weighted by Crippen LogP contribution is -2.08. The average Bonchev–Trinajstić information content (AvgIpc) is 2.79. The van der Waals surface area contributed by atoms with Crippen molar-refractivity contribution in [2.45, 2.75) is 6.54 Å². The lowest BCUT2D eigenvalue weighted by atomic mass is 10.1. The van der Waals surface area contributed by atoms with Crippen LogP contribution >= 0.6 is 0 Å². The molecular formula is C12H11FN2O3. The van der Waals surface area contributed by atoms with Crippen molar-refractivity contribution in [1.29, 1.82) is 0 Å². The molecular weight excluding hydrogens is 239 g/mol. The fourth-order valence-corrected chi connectivity index (χ4v) is 1.60. The summed E-state index contributed by atoms with van der Waals surface area (Å²) in [4.78, 5) is 11.0. The third kappa shape index (κ3) is 2.48. The molecule has 0 aliphatic carbocycles. The SMILES string of the molecule is COc1cnn(Cc2ccc(F)cc2C(=O)O)c1. The van der Waals surface area contributed by atoms with Gasteiger partial charge in [0.1, 0.15) is 5.82 Å². The molecule has 0 spiro atoms. The van der Waals surface area contributed by atoms with Crippen LogP contribution < -0.4 is 4.74 Å². The number of aromatic carboxylic acids is 1. The number of rotatable bonds is 4. The van der Waals surface area contributed by atoms with Gasteiger partial charge in [0.2, 0.25) is 0 Å². The number of aromatic nitrogens is 2. The number of hydrogen-bond acceptors (Lipinski definition) is 3. The Hall–Kier alpha value is -2.37. The summed E-state index contributed by atoms with van der Waals surface area (Å²) in [6.07, 6.45) is 3.15. The fraction of sp³-hybridized carbons (Fsp3) is 0.167. The molecule has 0 saturated carbocycles. The third-order valence-corrected chi connectivity index (χ3v) is 2.48. The maximum atomic E-state index is 13.0. The van der Waals surface area contributed by atoms with E-state index in [1.54, 1.807) is 6.20 Å². The van der Waals surface area contributed by atoms with Gasteiger partial charge in [0, 0.05) is 0 Å². The van der Waals surface area contributed by atoms with Crippen LogP contribution in [-0.2, 0) is 6.54 Å². The third-order valence-electron chi connectivity index (χ3n) is 2.48. The van der Waals surface area contributed by atoms with Crippen molar-refractivity contribution in [2.75, 3.05) is 7.11 Å². The van der Waals surface area contributed by atoms with E-state index < -0.39 is 11.8 Å². The van der Waals surface area contributed by atoms with Gasteiger partial charge in [-0.2, -0.15) is 5.10 Å². The van der Waals surface area contributed by atoms with E-state index in [1.165, 1.54) is 30.1 Å². The number of halogens is 1. The zero-order valence-corrected chi connectivity index (χ0v) is 9.63. The molecule has 0 bridgehead atoms. The minimum absolute atomic E-state index is 0.0653. The second-order valence-electron chi connectivity index (χ2n) is 3.68. The molecule has 1 heterocycles. The highest BCUT2D eigenvalue weighted by Gasteiger charge is 2.12. The lowest BCUT2D eigenvalue weighted by Gasteiger charge is -2.06. The minimum Gasteiger partial charge on any atom is -0.493 e. The van der Waals surface area contributed by atoms with E-state index in [-0.39, 0.29) is 12.1 Å². The second-order valence-corrected chi connectivity index (χ2v) is 3.68. The first kappa shape index (κ1) is 12.1. The Kier molecular flexibility index (Phi) is 3.27. The van der Waals surface area contributed by atoms with Crippen molar-refractivity contribution in [2.24, 2.45) is 0 Å². The van der Waals surface area contributed by atoms with Gasteiger partial charge in [-0.1, -0.05) is 6.07 Å². The van der Waals surface area contributed by atoms with E-state index in [9.17, 15) is 9.18 Å². The number of carboxylic acids is 1. The molecule has 6 heteroatoms. The highest BCUT2D eigenvalue weighted by Crippen LogP contribution is 2.14. The largest absolute Gasteiger partial charge is 0.493 e. The number of hydrogen-bond donors (Lipinski definition) is 1. The summed E-state index contributed by atoms with van der Waals surface area (Å²) < 4.78 is 19.5. The molecule has 0 radical (unpaired) electrons. The summed E-state index contributed by atoms with van der Waals surface area (Å²) >= 11 is 0. The van der Waals surface area contributed by atoms with Gasteiger partial charge in [-0.25, -0.2) is 9.18 Å². The zero-order valence-electron chi connectivity index (χ0n) is 9.63. The summed E-state index contributed by atoms with van der Waals surface area (Å²) in [5.74, 6) is -1.16. The fourth-order valence-electron chi connectivity index (χ4n) is 1.60. The standard InChI is InChI=1S/C12H11FN2O3/c1-18-10-5-14-15(7-10)6-8-2-3-9(13)4-11(8)12(16)17/h2-5,7H,6H2,1H3,(H,16,17). The number of ether oxygens (including phenoxy) is 1. The first-order valence-electron chi connectivity index (χ1n) is 5.18. The lowest BCUT2D eigenvalue weighted by molar-refractivity contribution is 0.0695. The summed E-state index contributed by atoms with van der Waals surface area (Å²) in [5.41, 5.74) is 0.416. The Labute approximate surface area is 102 Å². The number of carboxylic acid groups (broad SMARTS) is 1. The molecule has 2 rings (SSSR count). The van der Waals surface area contributed by atoms with Gasteiger partial charge >= 0.3 is 5.97 Å². The van der Waals surface area contributed by atoms with Crippen LogP contribution in [0.25, 0.3) is 0 Å². The molecule has 94 valence electrons. The zero-order chi connectivity index (χ0) is 13.1. The van der Waals surface area contributed by atoms with Crippen molar-refractivity contribution >= 4 is 5.97 Å². The van der Waals surface area contributed by atoms with E-state index in [1.807, 2.05) is 0 Å². The van der Waals surface area contributed by atoms with Crippen molar-refractivity contribution in [3.05, 3.63) is 47.5 Å². The van der Waals surface area contributed by atoms with Gasteiger partial charge in [-0.15, -0.1) is 0 Å². The number of nitrogens with zero attached hydrogens (tertiary/aromatic N) is 2. The van der Waals surface area contributed by atoms with E-state index in [2.05, 4.69) is 5.10 Å². The summed E-state index contributed by atoms with van der Waals surface area (Å²) in [7, 11) is 1.52. The number of benzene rings is 1. The summed E-state index contributed by atoms with van der Waals surface area (Å²) in [6, 6.07) is 3.66. The minimum atomic E-state index is -1.16. The van der Waals surface area contributed by atoms with Gasteiger partial charge in [-0.3, -0.25) is 4.68 Å². The van der Waals surface area contributed by atoms with Crippen molar-refractivity contribution < 1.29 is 19.0 Å². The smallest absolute Gasteiger partial charge is 0.336 e. The van der Waals surface area contributed by atoms with E-state index >= 15 is 0 Å². The van der Waals surface area contributed by atoms with E-state index in [0.717, 1.165) is 6.07 Å². The van der Waals surface area contributed by atoms with Gasteiger partial charge in [0.25, 0.3) is 0 Å². The maximum absolute atomic E-state index is 13.0. The van der Waals surface area contributed by atoms with Crippen LogP contribution in [0.15, 0.2) is 30.6 Å². The second kappa shape index (κ2) is 4.87. The maximum Gasteiger partial charge on any atom is 0.336 e. The van der Waals surface area contributed by atoms with Crippen LogP contribution in [0.1, 0.15) is 15.9 Å². The topological polar surface area (TPSA) is 64.4 Å². The van der Waals surface area contributed by atoms with Crippen LogP contribution in [0, 0.1) is 5.82 Å². The molecule has 0 amide bonds. The monoisotopic (exact) mass is 250 g/mol. The van der Waals surface area contributed by atoms with E-state index in [4.69, 9.17) is 9.84 Å². The molecule has 0 aliphatic heterocycles. The first-order chi connectivity index (χ1) is 8.60. The normalized spacial score (nSPS) is 10.3. The molecule has 1 N–H and O–H groups in total. The Bertz CT molecular complexity index is 580. The molecule has 5 nitrogen and oxygen atoms in total. The van der Waals surface area contributed by atoms with Gasteiger partial charge < -0.3 is 9.84 Å². The number of methoxy groups -OCH3 is 1. The first-order valence-corrected chi connectivity index (χ1v) is 5.18. The molecule has 2 aromatic rings. The molecule has 0 unspecified atom stereocenters. The van der Waals surface area contributed by atoms with Gasteiger partial charge in [-0.05, 0) is 17.7 Å². The quantitative estimate of drug-likeness (QED) is 0.898. The Morgan fingerprint density at radius 1 is 1.56 bits per heavy atom. The predicted octanol–water partition coefficient (Wildman–Crippen LogP) is 1.78. The molecule has 0 aliphatic rings. The van der Waals surface area contributed by atoms with Crippen LogP contribution in [0.5, 0.6) is 5.75 Å². The Morgan fingerprint density at radius 3 is 2.94 bits per heavy atom. The molecule has 18 heavy (non-hydrogen) atoms. The Morgan fingerprint density at radius 2 is 2.33 bits per heavy atom. The van der Waals surface area contributed by atoms with Gasteiger partial charge in [0.05, 0.1) is 31.6 Å². The van der Waals surface area contributed by atoms with Crippen molar-refractivity contribution in [3.63, 3.8) is 0 Å². The molecule has 0 atom stereocenters. The van der Waals surface area contributed by atoms with Gasteiger partial charge in [0.15, 0.2) is 5.75 Å².